The topological polar surface area (TPSA) is 74.8 Å². The number of rotatable bonds is 3. The maximum atomic E-state index is 12.3. The largest absolute Gasteiger partial charge is 0.461 e. The molecule has 0 aliphatic carbocycles. The fourth-order valence-corrected chi connectivity index (χ4v) is 3.14. The van der Waals surface area contributed by atoms with E-state index >= 15 is 0 Å². The summed E-state index contributed by atoms with van der Waals surface area (Å²) in [4.78, 5) is 16.6. The normalized spacial score (nSPS) is 12.3. The predicted octanol–water partition coefficient (Wildman–Crippen LogP) is 2.79. The molecule has 0 unspecified atom stereocenters. The zero-order valence-electron chi connectivity index (χ0n) is 14.4. The van der Waals surface area contributed by atoms with Gasteiger partial charge < -0.3 is 9.30 Å². The lowest BCUT2D eigenvalue weighted by Crippen LogP contribution is -2.11. The number of hydrogen-bond acceptors (Lipinski definition) is 5. The molecular weight excluding hydrogens is 318 g/mol. The first-order valence-electron chi connectivity index (χ1n) is 8.36. The van der Waals surface area contributed by atoms with E-state index < -0.39 is 5.97 Å². The van der Waals surface area contributed by atoms with Crippen LogP contribution in [0.1, 0.15) is 48.4 Å². The van der Waals surface area contributed by atoms with Crippen molar-refractivity contribution in [3.8, 4) is 17.1 Å². The molecule has 2 aromatic heterocycles. The van der Waals surface area contributed by atoms with Crippen molar-refractivity contribution in [2.45, 2.75) is 33.2 Å². The minimum Gasteiger partial charge on any atom is -0.461 e. The minimum atomic E-state index is -0.409. The van der Waals surface area contributed by atoms with Gasteiger partial charge >= 0.3 is 5.97 Å². The molecular formula is C18H19N5O2. The molecule has 3 aromatic rings. The van der Waals surface area contributed by atoms with Crippen LogP contribution in [0, 0.1) is 0 Å². The maximum Gasteiger partial charge on any atom is 0.358 e. The van der Waals surface area contributed by atoms with E-state index in [-0.39, 0.29) is 0 Å². The summed E-state index contributed by atoms with van der Waals surface area (Å²) in [6.07, 6.45) is 3.36. The molecule has 1 aliphatic heterocycles. The number of aromatic nitrogens is 5. The summed E-state index contributed by atoms with van der Waals surface area (Å²) >= 11 is 0. The molecule has 0 radical (unpaired) electrons. The molecule has 0 atom stereocenters. The summed E-state index contributed by atoms with van der Waals surface area (Å²) in [7, 11) is 0. The average molecular weight is 337 g/mol. The van der Waals surface area contributed by atoms with E-state index in [4.69, 9.17) is 4.74 Å². The van der Waals surface area contributed by atoms with Gasteiger partial charge in [-0.3, -0.25) is 4.57 Å². The van der Waals surface area contributed by atoms with Gasteiger partial charge in [0, 0.05) is 5.56 Å². The molecule has 0 saturated carbocycles. The number of hydrogen-bond donors (Lipinski definition) is 0. The summed E-state index contributed by atoms with van der Waals surface area (Å²) in [5, 5.41) is 8.35. The number of fused-ring (bicyclic) bond motifs is 5. The van der Waals surface area contributed by atoms with Gasteiger partial charge in [-0.2, -0.15) is 0 Å². The highest BCUT2D eigenvalue weighted by Crippen LogP contribution is 2.33. The first-order chi connectivity index (χ1) is 12.1. The van der Waals surface area contributed by atoms with Crippen molar-refractivity contribution in [2.24, 2.45) is 0 Å². The summed E-state index contributed by atoms with van der Waals surface area (Å²) in [5.74, 6) is 0.784. The first-order valence-corrected chi connectivity index (χ1v) is 8.36. The van der Waals surface area contributed by atoms with Crippen LogP contribution in [-0.4, -0.2) is 36.9 Å². The third-order valence-corrected chi connectivity index (χ3v) is 4.46. The van der Waals surface area contributed by atoms with Crippen molar-refractivity contribution in [3.05, 3.63) is 47.8 Å². The van der Waals surface area contributed by atoms with E-state index in [1.165, 1.54) is 5.56 Å². The van der Waals surface area contributed by atoms with E-state index in [0.717, 1.165) is 22.8 Å². The third-order valence-electron chi connectivity index (χ3n) is 4.46. The van der Waals surface area contributed by atoms with Crippen molar-refractivity contribution in [2.75, 3.05) is 6.61 Å². The fourth-order valence-electron chi connectivity index (χ4n) is 3.14. The lowest BCUT2D eigenvalue weighted by atomic mass is 9.99. The van der Waals surface area contributed by atoms with Gasteiger partial charge in [-0.25, -0.2) is 9.78 Å². The maximum absolute atomic E-state index is 12.3. The molecule has 3 heterocycles. The number of nitrogens with zero attached hydrogens (tertiary/aromatic N) is 5. The molecule has 7 heteroatoms. The number of carbonyl (C=O) groups is 1. The Bertz CT molecular complexity index is 954. The monoisotopic (exact) mass is 337 g/mol. The van der Waals surface area contributed by atoms with Crippen LogP contribution < -0.4 is 0 Å². The Morgan fingerprint density at radius 3 is 2.92 bits per heavy atom. The van der Waals surface area contributed by atoms with Crippen molar-refractivity contribution in [1.29, 1.82) is 0 Å². The molecule has 0 N–H and O–H groups in total. The van der Waals surface area contributed by atoms with Gasteiger partial charge in [-0.05, 0) is 30.5 Å². The highest BCUT2D eigenvalue weighted by atomic mass is 16.5. The predicted molar refractivity (Wildman–Crippen MR) is 91.7 cm³/mol. The molecule has 0 spiro atoms. The molecule has 4 rings (SSSR count). The van der Waals surface area contributed by atoms with Crippen LogP contribution in [0.5, 0.6) is 0 Å². The van der Waals surface area contributed by atoms with E-state index in [2.05, 4.69) is 47.2 Å². The second-order valence-corrected chi connectivity index (χ2v) is 6.34. The van der Waals surface area contributed by atoms with Crippen LogP contribution in [0.3, 0.4) is 0 Å². The third kappa shape index (κ3) is 2.43. The zero-order valence-corrected chi connectivity index (χ0v) is 14.4. The van der Waals surface area contributed by atoms with E-state index in [9.17, 15) is 4.79 Å². The van der Waals surface area contributed by atoms with E-state index in [1.54, 1.807) is 19.6 Å². The number of imidazole rings is 1. The van der Waals surface area contributed by atoms with Gasteiger partial charge in [0.15, 0.2) is 11.5 Å². The molecule has 0 saturated heterocycles. The van der Waals surface area contributed by atoms with Crippen molar-refractivity contribution in [3.63, 3.8) is 0 Å². The molecule has 7 nitrogen and oxygen atoms in total. The van der Waals surface area contributed by atoms with Crippen LogP contribution in [0.15, 0.2) is 30.9 Å². The summed E-state index contributed by atoms with van der Waals surface area (Å²) in [5.41, 5.74) is 4.25. The van der Waals surface area contributed by atoms with Crippen molar-refractivity contribution >= 4 is 5.97 Å². The molecule has 0 fully saturated rings. The van der Waals surface area contributed by atoms with Crippen LogP contribution in [0.4, 0.5) is 0 Å². The second kappa shape index (κ2) is 5.84. The van der Waals surface area contributed by atoms with Crippen molar-refractivity contribution < 1.29 is 9.53 Å². The van der Waals surface area contributed by atoms with E-state index in [0.29, 0.717) is 24.8 Å². The van der Waals surface area contributed by atoms with Gasteiger partial charge in [-0.15, -0.1) is 10.2 Å². The smallest absolute Gasteiger partial charge is 0.358 e. The van der Waals surface area contributed by atoms with Gasteiger partial charge in [0.1, 0.15) is 12.7 Å². The van der Waals surface area contributed by atoms with Gasteiger partial charge in [0.25, 0.3) is 0 Å². The van der Waals surface area contributed by atoms with Crippen molar-refractivity contribution in [1.82, 2.24) is 24.3 Å². The Labute approximate surface area is 145 Å². The van der Waals surface area contributed by atoms with Crippen LogP contribution in [-0.2, 0) is 11.3 Å². The zero-order chi connectivity index (χ0) is 17.6. The lowest BCUT2D eigenvalue weighted by molar-refractivity contribution is 0.0518. The molecule has 25 heavy (non-hydrogen) atoms. The number of esters is 1. The molecule has 128 valence electrons. The Balaban J connectivity index is 1.95. The Morgan fingerprint density at radius 1 is 1.32 bits per heavy atom. The van der Waals surface area contributed by atoms with Gasteiger partial charge in [0.05, 0.1) is 24.5 Å². The quantitative estimate of drug-likeness (QED) is 0.537. The van der Waals surface area contributed by atoms with Crippen LogP contribution in [0.2, 0.25) is 0 Å². The lowest BCUT2D eigenvalue weighted by Gasteiger charge is -2.12. The Kier molecular flexibility index (Phi) is 3.63. The standard InChI is InChI=1S/C18H19N5O2/c1-4-25-18(24)16-15-8-22-10-20-21-17(22)13-7-12(11(2)3)5-6-14(13)23(15)9-19-16/h5-7,9-11H,4,8H2,1-3H3. The SMILES string of the molecule is CCOC(=O)c1ncn2c1Cn1cnnc1-c1cc(C(C)C)ccc1-2. The molecule has 1 aliphatic rings. The van der Waals surface area contributed by atoms with E-state index in [1.807, 2.05) is 9.13 Å². The Hall–Kier alpha value is -2.96. The Morgan fingerprint density at radius 2 is 2.16 bits per heavy atom. The second-order valence-electron chi connectivity index (χ2n) is 6.34. The van der Waals surface area contributed by atoms with Crippen LogP contribution in [0.25, 0.3) is 17.1 Å². The first kappa shape index (κ1) is 15.6. The van der Waals surface area contributed by atoms with Gasteiger partial charge in [0.2, 0.25) is 0 Å². The minimum absolute atomic E-state index is 0.317. The summed E-state index contributed by atoms with van der Waals surface area (Å²) in [6.45, 7) is 6.88. The summed E-state index contributed by atoms with van der Waals surface area (Å²) < 4.78 is 9.03. The number of benzene rings is 1. The number of carbonyl (C=O) groups excluding carboxylic acids is 1. The molecule has 0 bridgehead atoms. The molecule has 0 amide bonds. The average Bonchev–Trinajstić information content (AvgIpc) is 3.20. The highest BCUT2D eigenvalue weighted by molar-refractivity contribution is 5.89. The van der Waals surface area contributed by atoms with Gasteiger partial charge in [-0.1, -0.05) is 19.9 Å². The fraction of sp³-hybridized carbons (Fsp3) is 0.333. The number of ether oxygens (including phenoxy) is 1. The van der Waals surface area contributed by atoms with Crippen LogP contribution >= 0.6 is 0 Å². The summed E-state index contributed by atoms with van der Waals surface area (Å²) in [6, 6.07) is 6.29. The highest BCUT2D eigenvalue weighted by Gasteiger charge is 2.26. The molecule has 1 aromatic carbocycles.